The third-order valence-corrected chi connectivity index (χ3v) is 1.63. The zero-order valence-corrected chi connectivity index (χ0v) is 5.97. The zero-order valence-electron chi connectivity index (χ0n) is 5.97. The monoisotopic (exact) mass is 143 g/mol. The summed E-state index contributed by atoms with van der Waals surface area (Å²) in [6, 6.07) is -0.373. The largest absolute Gasteiger partial charge is 0.350 e. The number of hydrazine groups is 1. The van der Waals surface area contributed by atoms with Crippen LogP contribution in [0.25, 0.3) is 0 Å². The van der Waals surface area contributed by atoms with Crippen molar-refractivity contribution < 1.29 is 4.79 Å². The fourth-order valence-electron chi connectivity index (χ4n) is 1.05. The number of nitrogens with two attached hydrogens (primary N) is 1. The highest BCUT2D eigenvalue weighted by Gasteiger charge is 2.10. The summed E-state index contributed by atoms with van der Waals surface area (Å²) < 4.78 is 0. The number of nitrogens with one attached hydrogen (secondary N) is 1. The van der Waals surface area contributed by atoms with E-state index in [4.69, 9.17) is 5.73 Å². The number of carbonyl (C=O) groups excluding carboxylic acids is 1. The molecule has 0 saturated carbocycles. The van der Waals surface area contributed by atoms with Gasteiger partial charge in [-0.25, -0.2) is 10.2 Å². The number of primary amides is 1. The van der Waals surface area contributed by atoms with E-state index in [1.165, 1.54) is 11.4 Å². The summed E-state index contributed by atoms with van der Waals surface area (Å²) in [5.74, 6) is 0. The minimum absolute atomic E-state index is 0.373. The summed E-state index contributed by atoms with van der Waals surface area (Å²) in [4.78, 5) is 10.6. The van der Waals surface area contributed by atoms with Gasteiger partial charge in [0.05, 0.1) is 0 Å². The van der Waals surface area contributed by atoms with E-state index in [0.717, 1.165) is 25.9 Å². The van der Waals surface area contributed by atoms with E-state index in [-0.39, 0.29) is 6.03 Å². The van der Waals surface area contributed by atoms with Gasteiger partial charge < -0.3 is 5.73 Å². The zero-order chi connectivity index (χ0) is 7.40. The van der Waals surface area contributed by atoms with Crippen LogP contribution in [0.15, 0.2) is 0 Å². The molecule has 0 aromatic rings. The standard InChI is InChI=1S/C6H13N3O/c7-6(10)9-5-3-1-2-4-8-9/h8H,1-5H2,(H2,7,10). The smallest absolute Gasteiger partial charge is 0.329 e. The molecule has 0 aliphatic carbocycles. The van der Waals surface area contributed by atoms with Crippen molar-refractivity contribution >= 4 is 6.03 Å². The number of rotatable bonds is 0. The Kier molecular flexibility index (Phi) is 2.50. The van der Waals surface area contributed by atoms with Gasteiger partial charge in [-0.1, -0.05) is 6.42 Å². The van der Waals surface area contributed by atoms with Crippen molar-refractivity contribution in [2.45, 2.75) is 19.3 Å². The van der Waals surface area contributed by atoms with Gasteiger partial charge in [-0.05, 0) is 12.8 Å². The average molecular weight is 143 g/mol. The topological polar surface area (TPSA) is 58.4 Å². The summed E-state index contributed by atoms with van der Waals surface area (Å²) >= 11 is 0. The molecule has 1 heterocycles. The second-order valence-electron chi connectivity index (χ2n) is 2.46. The van der Waals surface area contributed by atoms with Gasteiger partial charge >= 0.3 is 6.03 Å². The Labute approximate surface area is 60.3 Å². The Morgan fingerprint density at radius 3 is 2.90 bits per heavy atom. The summed E-state index contributed by atoms with van der Waals surface area (Å²) in [6.07, 6.45) is 3.36. The van der Waals surface area contributed by atoms with Crippen LogP contribution in [-0.2, 0) is 0 Å². The van der Waals surface area contributed by atoms with Crippen molar-refractivity contribution in [3.05, 3.63) is 0 Å². The van der Waals surface area contributed by atoms with Crippen molar-refractivity contribution in [1.82, 2.24) is 10.4 Å². The van der Waals surface area contributed by atoms with E-state index in [0.29, 0.717) is 0 Å². The molecule has 4 nitrogen and oxygen atoms in total. The Bertz CT molecular complexity index is 118. The fourth-order valence-corrected chi connectivity index (χ4v) is 1.05. The molecule has 1 fully saturated rings. The third-order valence-electron chi connectivity index (χ3n) is 1.63. The van der Waals surface area contributed by atoms with E-state index in [1.54, 1.807) is 0 Å². The molecule has 0 radical (unpaired) electrons. The van der Waals surface area contributed by atoms with Crippen LogP contribution in [0.5, 0.6) is 0 Å². The van der Waals surface area contributed by atoms with E-state index >= 15 is 0 Å². The maximum absolute atomic E-state index is 10.6. The highest BCUT2D eigenvalue weighted by atomic mass is 16.2. The van der Waals surface area contributed by atoms with Crippen molar-refractivity contribution in [3.8, 4) is 0 Å². The molecule has 1 rings (SSSR count). The van der Waals surface area contributed by atoms with Gasteiger partial charge in [-0.15, -0.1) is 0 Å². The molecule has 58 valence electrons. The first kappa shape index (κ1) is 7.34. The predicted octanol–water partition coefficient (Wildman–Crippen LogP) is 0.0556. The number of carbonyl (C=O) groups is 1. The SMILES string of the molecule is NC(=O)N1CCCCCN1. The lowest BCUT2D eigenvalue weighted by Gasteiger charge is -2.17. The van der Waals surface area contributed by atoms with Gasteiger partial charge in [0.1, 0.15) is 0 Å². The Morgan fingerprint density at radius 2 is 2.20 bits per heavy atom. The maximum Gasteiger partial charge on any atom is 0.329 e. The van der Waals surface area contributed by atoms with Crippen molar-refractivity contribution in [2.24, 2.45) is 5.73 Å². The van der Waals surface area contributed by atoms with Crippen LogP contribution in [0.4, 0.5) is 4.79 Å². The molecular formula is C6H13N3O. The molecule has 4 heteroatoms. The van der Waals surface area contributed by atoms with Crippen LogP contribution in [-0.4, -0.2) is 24.1 Å². The normalized spacial score (nSPS) is 20.2. The summed E-state index contributed by atoms with van der Waals surface area (Å²) in [7, 11) is 0. The lowest BCUT2D eigenvalue weighted by Crippen LogP contribution is -2.45. The van der Waals surface area contributed by atoms with Gasteiger partial charge in [0.15, 0.2) is 0 Å². The summed E-state index contributed by atoms with van der Waals surface area (Å²) in [5, 5.41) is 1.48. The number of nitrogens with zero attached hydrogens (tertiary/aromatic N) is 1. The van der Waals surface area contributed by atoms with E-state index < -0.39 is 0 Å². The summed E-state index contributed by atoms with van der Waals surface area (Å²) in [5.41, 5.74) is 8.00. The molecule has 1 aliphatic rings. The second kappa shape index (κ2) is 3.41. The van der Waals surface area contributed by atoms with E-state index in [2.05, 4.69) is 5.43 Å². The maximum atomic E-state index is 10.6. The molecule has 0 unspecified atom stereocenters. The minimum atomic E-state index is -0.373. The molecule has 0 aromatic carbocycles. The molecule has 0 atom stereocenters. The summed E-state index contributed by atoms with van der Waals surface area (Å²) in [6.45, 7) is 1.61. The van der Waals surface area contributed by atoms with Gasteiger partial charge in [-0.3, -0.25) is 5.01 Å². The van der Waals surface area contributed by atoms with Gasteiger partial charge in [0, 0.05) is 13.1 Å². The second-order valence-corrected chi connectivity index (χ2v) is 2.46. The molecule has 0 bridgehead atoms. The fraction of sp³-hybridized carbons (Fsp3) is 0.833. The molecular weight excluding hydrogens is 130 g/mol. The Balaban J connectivity index is 2.35. The number of hydrogen-bond donors (Lipinski definition) is 2. The lowest BCUT2D eigenvalue weighted by atomic mass is 10.2. The number of urea groups is 1. The van der Waals surface area contributed by atoms with Crippen LogP contribution in [0, 0.1) is 0 Å². The first-order chi connectivity index (χ1) is 4.80. The van der Waals surface area contributed by atoms with Crippen LogP contribution >= 0.6 is 0 Å². The van der Waals surface area contributed by atoms with Crippen LogP contribution in [0.3, 0.4) is 0 Å². The van der Waals surface area contributed by atoms with Crippen LogP contribution in [0.1, 0.15) is 19.3 Å². The van der Waals surface area contributed by atoms with Crippen molar-refractivity contribution in [3.63, 3.8) is 0 Å². The lowest BCUT2D eigenvalue weighted by molar-refractivity contribution is 0.185. The molecule has 3 N–H and O–H groups in total. The minimum Gasteiger partial charge on any atom is -0.350 e. The quantitative estimate of drug-likeness (QED) is 0.503. The molecule has 1 aliphatic heterocycles. The highest BCUT2D eigenvalue weighted by molar-refractivity contribution is 5.71. The number of amides is 2. The van der Waals surface area contributed by atoms with Gasteiger partial charge in [0.25, 0.3) is 0 Å². The number of hydrogen-bond acceptors (Lipinski definition) is 2. The average Bonchev–Trinajstić information content (AvgIpc) is 2.12. The van der Waals surface area contributed by atoms with E-state index in [9.17, 15) is 4.79 Å². The Hall–Kier alpha value is -0.770. The molecule has 1 saturated heterocycles. The Morgan fingerprint density at radius 1 is 1.40 bits per heavy atom. The molecule has 10 heavy (non-hydrogen) atoms. The predicted molar refractivity (Wildman–Crippen MR) is 38.1 cm³/mol. The van der Waals surface area contributed by atoms with Crippen molar-refractivity contribution in [2.75, 3.05) is 13.1 Å². The van der Waals surface area contributed by atoms with Crippen LogP contribution < -0.4 is 11.2 Å². The highest BCUT2D eigenvalue weighted by Crippen LogP contribution is 2.00. The van der Waals surface area contributed by atoms with Crippen LogP contribution in [0.2, 0.25) is 0 Å². The molecule has 0 spiro atoms. The van der Waals surface area contributed by atoms with Gasteiger partial charge in [0.2, 0.25) is 0 Å². The van der Waals surface area contributed by atoms with E-state index in [1.807, 2.05) is 0 Å². The van der Waals surface area contributed by atoms with Crippen molar-refractivity contribution in [1.29, 1.82) is 0 Å². The first-order valence-corrected chi connectivity index (χ1v) is 3.61. The molecule has 2 amide bonds. The third kappa shape index (κ3) is 1.88. The first-order valence-electron chi connectivity index (χ1n) is 3.61. The molecule has 0 aromatic heterocycles. The van der Waals surface area contributed by atoms with Gasteiger partial charge in [-0.2, -0.15) is 0 Å².